The lowest BCUT2D eigenvalue weighted by molar-refractivity contribution is -0.128. The van der Waals surface area contributed by atoms with Crippen LogP contribution in [0.5, 0.6) is 0 Å². The Hall–Kier alpha value is -0.940. The molecule has 0 bridgehead atoms. The zero-order valence-electron chi connectivity index (χ0n) is 5.05. The standard InChI is InChI=1S/C4H9N3O2/c1-2(8)3(7-6)4(5)9/h3,7H,6H2,1H3,(H2,5,9)/t3-/m0/s1. The van der Waals surface area contributed by atoms with Gasteiger partial charge in [0.2, 0.25) is 5.91 Å². The third-order valence-electron chi connectivity index (χ3n) is 0.858. The van der Waals surface area contributed by atoms with E-state index in [1.807, 2.05) is 5.43 Å². The number of ketones is 1. The van der Waals surface area contributed by atoms with E-state index in [2.05, 4.69) is 0 Å². The van der Waals surface area contributed by atoms with E-state index in [-0.39, 0.29) is 5.78 Å². The van der Waals surface area contributed by atoms with Gasteiger partial charge in [-0.3, -0.25) is 15.4 Å². The van der Waals surface area contributed by atoms with E-state index in [0.717, 1.165) is 0 Å². The van der Waals surface area contributed by atoms with Crippen molar-refractivity contribution in [3.63, 3.8) is 0 Å². The molecule has 0 heterocycles. The Labute approximate surface area is 52.4 Å². The highest BCUT2D eigenvalue weighted by Crippen LogP contribution is 1.79. The van der Waals surface area contributed by atoms with Gasteiger partial charge in [-0.1, -0.05) is 0 Å². The van der Waals surface area contributed by atoms with Crippen LogP contribution in [0, 0.1) is 0 Å². The average molecular weight is 131 g/mol. The number of amides is 1. The molecule has 0 saturated heterocycles. The normalized spacial score (nSPS) is 12.7. The van der Waals surface area contributed by atoms with Crippen LogP contribution in [0.4, 0.5) is 0 Å². The topological polar surface area (TPSA) is 98.2 Å². The lowest BCUT2D eigenvalue weighted by atomic mass is 10.2. The summed E-state index contributed by atoms with van der Waals surface area (Å²) in [5.74, 6) is 3.66. The van der Waals surface area contributed by atoms with Crippen molar-refractivity contribution in [3.05, 3.63) is 0 Å². The van der Waals surface area contributed by atoms with Crippen LogP contribution in [-0.2, 0) is 9.59 Å². The number of hydrazine groups is 1. The first-order valence-electron chi connectivity index (χ1n) is 2.35. The summed E-state index contributed by atoms with van der Waals surface area (Å²) >= 11 is 0. The van der Waals surface area contributed by atoms with Crippen LogP contribution >= 0.6 is 0 Å². The first kappa shape index (κ1) is 8.06. The summed E-state index contributed by atoms with van der Waals surface area (Å²) in [5, 5.41) is 0. The SMILES string of the molecule is CC(=O)[C@H](NN)C(N)=O. The van der Waals surface area contributed by atoms with Gasteiger partial charge in [0.15, 0.2) is 11.8 Å². The fraction of sp³-hybridized carbons (Fsp3) is 0.500. The molecule has 0 saturated carbocycles. The summed E-state index contributed by atoms with van der Waals surface area (Å²) in [4.78, 5) is 20.6. The predicted molar refractivity (Wildman–Crippen MR) is 31.0 cm³/mol. The number of nitrogens with one attached hydrogen (secondary N) is 1. The molecule has 5 heteroatoms. The summed E-state index contributed by atoms with van der Waals surface area (Å²) < 4.78 is 0. The molecule has 1 amide bonds. The number of hydrogen-bond donors (Lipinski definition) is 3. The van der Waals surface area contributed by atoms with Crippen LogP contribution in [0.2, 0.25) is 0 Å². The Morgan fingerprint density at radius 3 is 2.00 bits per heavy atom. The molecule has 0 aromatic rings. The number of hydrogen-bond acceptors (Lipinski definition) is 4. The van der Waals surface area contributed by atoms with Gasteiger partial charge in [0.1, 0.15) is 0 Å². The van der Waals surface area contributed by atoms with Gasteiger partial charge in [0.25, 0.3) is 0 Å². The quantitative estimate of drug-likeness (QED) is 0.232. The van der Waals surface area contributed by atoms with Crippen LogP contribution in [-0.4, -0.2) is 17.7 Å². The summed E-state index contributed by atoms with van der Waals surface area (Å²) in [5.41, 5.74) is 6.72. The maximum Gasteiger partial charge on any atom is 0.243 e. The number of nitrogens with two attached hydrogens (primary N) is 2. The zero-order chi connectivity index (χ0) is 7.44. The summed E-state index contributed by atoms with van der Waals surface area (Å²) in [6.07, 6.45) is 0. The van der Waals surface area contributed by atoms with Gasteiger partial charge >= 0.3 is 0 Å². The number of carbonyl (C=O) groups is 2. The van der Waals surface area contributed by atoms with Crippen LogP contribution in [0.1, 0.15) is 6.92 Å². The molecule has 0 aliphatic heterocycles. The second kappa shape index (κ2) is 3.16. The average Bonchev–Trinajstić information content (AvgIpc) is 1.64. The van der Waals surface area contributed by atoms with E-state index < -0.39 is 11.9 Å². The van der Waals surface area contributed by atoms with E-state index in [9.17, 15) is 9.59 Å². The molecule has 1 atom stereocenters. The zero-order valence-corrected chi connectivity index (χ0v) is 5.05. The molecule has 0 radical (unpaired) electrons. The molecule has 0 rings (SSSR count). The molecule has 0 aliphatic rings. The van der Waals surface area contributed by atoms with E-state index in [4.69, 9.17) is 11.6 Å². The highest BCUT2D eigenvalue weighted by Gasteiger charge is 2.17. The minimum Gasteiger partial charge on any atom is -0.368 e. The largest absolute Gasteiger partial charge is 0.368 e. The highest BCUT2D eigenvalue weighted by atomic mass is 16.2. The van der Waals surface area contributed by atoms with Crippen LogP contribution in [0.3, 0.4) is 0 Å². The maximum absolute atomic E-state index is 10.4. The Morgan fingerprint density at radius 2 is 2.00 bits per heavy atom. The lowest BCUT2D eigenvalue weighted by Crippen LogP contribution is -2.49. The van der Waals surface area contributed by atoms with Gasteiger partial charge in [-0.05, 0) is 6.92 Å². The third kappa shape index (κ3) is 2.20. The summed E-state index contributed by atoms with van der Waals surface area (Å²) in [6.45, 7) is 1.23. The van der Waals surface area contributed by atoms with Crippen LogP contribution in [0.25, 0.3) is 0 Å². The first-order valence-corrected chi connectivity index (χ1v) is 2.35. The van der Waals surface area contributed by atoms with E-state index >= 15 is 0 Å². The number of Topliss-reactive ketones (excluding diaryl/α,β-unsaturated/α-hetero) is 1. The fourth-order valence-electron chi connectivity index (χ4n) is 0.400. The van der Waals surface area contributed by atoms with Gasteiger partial charge in [0, 0.05) is 0 Å². The predicted octanol–water partition coefficient (Wildman–Crippen LogP) is -2.11. The van der Waals surface area contributed by atoms with Crippen molar-refractivity contribution in [1.29, 1.82) is 0 Å². The van der Waals surface area contributed by atoms with E-state index in [1.165, 1.54) is 6.92 Å². The van der Waals surface area contributed by atoms with Gasteiger partial charge in [0.05, 0.1) is 0 Å². The lowest BCUT2D eigenvalue weighted by Gasteiger charge is -2.05. The van der Waals surface area contributed by atoms with Gasteiger partial charge in [-0.25, -0.2) is 5.43 Å². The van der Waals surface area contributed by atoms with Crippen LogP contribution < -0.4 is 17.0 Å². The second-order valence-corrected chi connectivity index (χ2v) is 1.61. The van der Waals surface area contributed by atoms with Gasteiger partial charge in [-0.2, -0.15) is 0 Å². The van der Waals surface area contributed by atoms with Gasteiger partial charge < -0.3 is 5.73 Å². The van der Waals surface area contributed by atoms with Crippen LogP contribution in [0.15, 0.2) is 0 Å². The number of carbonyl (C=O) groups excluding carboxylic acids is 2. The minimum absolute atomic E-state index is 0.384. The Morgan fingerprint density at radius 1 is 1.56 bits per heavy atom. The summed E-state index contributed by atoms with van der Waals surface area (Å²) in [6, 6.07) is -1.05. The van der Waals surface area contributed by atoms with Crippen molar-refractivity contribution < 1.29 is 9.59 Å². The van der Waals surface area contributed by atoms with Crippen molar-refractivity contribution in [1.82, 2.24) is 5.43 Å². The molecule has 5 N–H and O–H groups in total. The molecule has 0 aliphatic carbocycles. The van der Waals surface area contributed by atoms with E-state index in [0.29, 0.717) is 0 Å². The van der Waals surface area contributed by atoms with Gasteiger partial charge in [-0.15, -0.1) is 0 Å². The second-order valence-electron chi connectivity index (χ2n) is 1.61. The first-order chi connectivity index (χ1) is 4.09. The van der Waals surface area contributed by atoms with E-state index in [1.54, 1.807) is 0 Å². The van der Waals surface area contributed by atoms with Crippen molar-refractivity contribution in [2.45, 2.75) is 13.0 Å². The molecule has 0 unspecified atom stereocenters. The molecule has 0 spiro atoms. The monoisotopic (exact) mass is 131 g/mol. The Balaban J connectivity index is 3.99. The maximum atomic E-state index is 10.4. The highest BCUT2D eigenvalue weighted by molar-refractivity contribution is 6.03. The molecule has 52 valence electrons. The van der Waals surface area contributed by atoms with Crippen molar-refractivity contribution >= 4 is 11.7 Å². The molecule has 0 fully saturated rings. The molecule has 5 nitrogen and oxygen atoms in total. The summed E-state index contributed by atoms with van der Waals surface area (Å²) in [7, 11) is 0. The fourth-order valence-corrected chi connectivity index (χ4v) is 0.400. The van der Waals surface area contributed by atoms with Crippen molar-refractivity contribution in [3.8, 4) is 0 Å². The van der Waals surface area contributed by atoms with Crippen molar-refractivity contribution in [2.24, 2.45) is 11.6 Å². The number of rotatable bonds is 3. The third-order valence-corrected chi connectivity index (χ3v) is 0.858. The minimum atomic E-state index is -1.05. The molecule has 0 aromatic heterocycles. The molecular weight excluding hydrogens is 122 g/mol. The molecule has 0 aromatic carbocycles. The van der Waals surface area contributed by atoms with Crippen molar-refractivity contribution in [2.75, 3.05) is 0 Å². The Bertz CT molecular complexity index is 120. The molecule has 9 heavy (non-hydrogen) atoms. The Kier molecular flexibility index (Phi) is 2.83. The smallest absolute Gasteiger partial charge is 0.243 e. The number of primary amides is 1. The molecular formula is C4H9N3O2.